The first-order valence-corrected chi connectivity index (χ1v) is 9.86. The molecule has 0 saturated carbocycles. The van der Waals surface area contributed by atoms with Crippen molar-refractivity contribution in [3.63, 3.8) is 0 Å². The van der Waals surface area contributed by atoms with Crippen molar-refractivity contribution in [3.05, 3.63) is 52.1 Å². The maximum Gasteiger partial charge on any atom is 0.341 e. The van der Waals surface area contributed by atoms with Crippen LogP contribution in [-0.2, 0) is 16.3 Å². The molecule has 3 aromatic rings. The summed E-state index contributed by atoms with van der Waals surface area (Å²) < 4.78 is 61.7. The quantitative estimate of drug-likeness (QED) is 0.664. The molecule has 2 N–H and O–H groups in total. The Morgan fingerprint density at radius 1 is 1.27 bits per heavy atom. The number of carbonyl (C=O) groups is 1. The topological polar surface area (TPSA) is 79.0 Å². The summed E-state index contributed by atoms with van der Waals surface area (Å²) in [5.74, 6) is -4.69. The van der Waals surface area contributed by atoms with E-state index in [1.165, 1.54) is 17.5 Å². The third-order valence-corrected chi connectivity index (χ3v) is 6.25. The van der Waals surface area contributed by atoms with Crippen LogP contribution in [0.5, 0.6) is 0 Å². The van der Waals surface area contributed by atoms with Gasteiger partial charge in [-0.2, -0.15) is 8.78 Å². The summed E-state index contributed by atoms with van der Waals surface area (Å²) in [7, 11) is -4.83. The fourth-order valence-electron chi connectivity index (χ4n) is 2.54. The van der Waals surface area contributed by atoms with Crippen LogP contribution in [0.1, 0.15) is 15.2 Å². The number of alkyl halides is 2. The van der Waals surface area contributed by atoms with Crippen LogP contribution in [0.3, 0.4) is 0 Å². The van der Waals surface area contributed by atoms with Crippen LogP contribution in [-0.4, -0.2) is 31.6 Å². The molecule has 2 heterocycles. The van der Waals surface area contributed by atoms with Gasteiger partial charge in [0.05, 0.1) is 4.90 Å². The van der Waals surface area contributed by atoms with Gasteiger partial charge in [0.2, 0.25) is 9.84 Å². The number of benzene rings is 1. The Balaban J connectivity index is 1.69. The summed E-state index contributed by atoms with van der Waals surface area (Å²) in [6.07, 6.45) is 2.09. The molecule has 1 amide bonds. The van der Waals surface area contributed by atoms with Gasteiger partial charge in [0, 0.05) is 23.6 Å². The van der Waals surface area contributed by atoms with Crippen molar-refractivity contribution in [2.24, 2.45) is 0 Å². The maximum absolute atomic E-state index is 13.2. The van der Waals surface area contributed by atoms with E-state index < -0.39 is 26.4 Å². The highest BCUT2D eigenvalue weighted by molar-refractivity contribution is 7.92. The Morgan fingerprint density at radius 2 is 2.04 bits per heavy atom. The minimum Gasteiger partial charge on any atom is -0.361 e. The molecule has 0 bridgehead atoms. The molecule has 1 aromatic carbocycles. The predicted octanol–water partition coefficient (Wildman–Crippen LogP) is 3.34. The molecule has 2 aromatic heterocycles. The van der Waals surface area contributed by atoms with Gasteiger partial charge in [0.25, 0.3) is 5.91 Å². The molecular weight excluding hydrogens is 389 g/mol. The Bertz CT molecular complexity index is 1060. The highest BCUT2D eigenvalue weighted by Crippen LogP contribution is 2.26. The van der Waals surface area contributed by atoms with Crippen LogP contribution >= 0.6 is 11.3 Å². The van der Waals surface area contributed by atoms with E-state index in [2.05, 4.69) is 10.3 Å². The SMILES string of the molecule is O=C(NCCc1c[nH]c2cc(F)ccc12)c1sccc1S(=O)(=O)C(F)F. The summed E-state index contributed by atoms with van der Waals surface area (Å²) in [6, 6.07) is 5.29. The number of thiophene rings is 1. The molecule has 5 nitrogen and oxygen atoms in total. The Hall–Kier alpha value is -2.33. The molecule has 0 saturated heterocycles. The molecule has 0 unspecified atom stereocenters. The van der Waals surface area contributed by atoms with Crippen molar-refractivity contribution in [1.29, 1.82) is 0 Å². The maximum atomic E-state index is 13.2. The molecule has 0 aliphatic carbocycles. The minimum absolute atomic E-state index is 0.162. The summed E-state index contributed by atoms with van der Waals surface area (Å²) in [4.78, 5) is 14.1. The van der Waals surface area contributed by atoms with Gasteiger partial charge in [-0.3, -0.25) is 4.79 Å². The average molecular weight is 402 g/mol. The van der Waals surface area contributed by atoms with Crippen LogP contribution in [0.2, 0.25) is 0 Å². The van der Waals surface area contributed by atoms with Crippen molar-refractivity contribution in [1.82, 2.24) is 10.3 Å². The summed E-state index contributed by atoms with van der Waals surface area (Å²) in [5, 5.41) is 4.60. The molecule has 138 valence electrons. The Labute approximate surface area is 150 Å². The zero-order valence-electron chi connectivity index (χ0n) is 13.1. The number of carbonyl (C=O) groups excluding carboxylic acids is 1. The molecule has 0 aliphatic rings. The second kappa shape index (κ2) is 7.12. The Morgan fingerprint density at radius 3 is 2.77 bits per heavy atom. The molecule has 0 fully saturated rings. The smallest absolute Gasteiger partial charge is 0.341 e. The number of rotatable bonds is 6. The van der Waals surface area contributed by atoms with E-state index in [0.717, 1.165) is 28.4 Å². The second-order valence-corrected chi connectivity index (χ2v) is 8.23. The van der Waals surface area contributed by atoms with Crippen molar-refractivity contribution in [2.75, 3.05) is 6.54 Å². The van der Waals surface area contributed by atoms with Crippen molar-refractivity contribution >= 4 is 38.0 Å². The molecule has 26 heavy (non-hydrogen) atoms. The zero-order chi connectivity index (χ0) is 18.9. The predicted molar refractivity (Wildman–Crippen MR) is 91.8 cm³/mol. The van der Waals surface area contributed by atoms with Gasteiger partial charge in [0.15, 0.2) is 0 Å². The second-order valence-electron chi connectivity index (χ2n) is 5.43. The van der Waals surface area contributed by atoms with Crippen LogP contribution in [0.25, 0.3) is 10.9 Å². The van der Waals surface area contributed by atoms with E-state index in [1.54, 1.807) is 12.3 Å². The number of aromatic amines is 1. The molecule has 0 aliphatic heterocycles. The van der Waals surface area contributed by atoms with E-state index in [-0.39, 0.29) is 17.2 Å². The molecule has 0 atom stereocenters. The number of hydrogen-bond donors (Lipinski definition) is 2. The zero-order valence-corrected chi connectivity index (χ0v) is 14.8. The third kappa shape index (κ3) is 3.47. The lowest BCUT2D eigenvalue weighted by molar-refractivity contribution is 0.0955. The van der Waals surface area contributed by atoms with Crippen LogP contribution < -0.4 is 5.32 Å². The minimum atomic E-state index is -4.83. The van der Waals surface area contributed by atoms with Gasteiger partial charge >= 0.3 is 5.76 Å². The van der Waals surface area contributed by atoms with Gasteiger partial charge in [-0.05, 0) is 41.6 Å². The highest BCUT2D eigenvalue weighted by atomic mass is 32.2. The summed E-state index contributed by atoms with van der Waals surface area (Å²) in [5.41, 5.74) is 1.46. The first kappa shape index (κ1) is 18.5. The van der Waals surface area contributed by atoms with Crippen molar-refractivity contribution < 1.29 is 26.4 Å². The van der Waals surface area contributed by atoms with Gasteiger partial charge in [-0.15, -0.1) is 11.3 Å². The van der Waals surface area contributed by atoms with E-state index in [0.29, 0.717) is 11.9 Å². The molecule has 0 radical (unpaired) electrons. The summed E-state index contributed by atoms with van der Waals surface area (Å²) in [6.45, 7) is 0.162. The monoisotopic (exact) mass is 402 g/mol. The number of aromatic nitrogens is 1. The number of hydrogen-bond acceptors (Lipinski definition) is 4. The standard InChI is InChI=1S/C16H13F3N2O3S2/c17-10-1-2-11-9(8-21-12(11)7-10)3-5-20-15(22)14-13(4-6-25-14)26(23,24)16(18)19/h1-2,4,6-8,16,21H,3,5H2,(H,20,22). The third-order valence-electron chi connectivity index (χ3n) is 3.79. The first-order valence-electron chi connectivity index (χ1n) is 7.44. The fraction of sp³-hybridized carbons (Fsp3) is 0.188. The number of sulfone groups is 1. The lowest BCUT2D eigenvalue weighted by Gasteiger charge is -2.06. The van der Waals surface area contributed by atoms with E-state index in [9.17, 15) is 26.4 Å². The number of H-pyrrole nitrogens is 1. The number of nitrogens with one attached hydrogen (secondary N) is 2. The lowest BCUT2D eigenvalue weighted by atomic mass is 10.1. The van der Waals surface area contributed by atoms with Crippen LogP contribution in [0.4, 0.5) is 13.2 Å². The van der Waals surface area contributed by atoms with Crippen molar-refractivity contribution in [2.45, 2.75) is 17.1 Å². The lowest BCUT2D eigenvalue weighted by Crippen LogP contribution is -2.26. The van der Waals surface area contributed by atoms with Gasteiger partial charge < -0.3 is 10.3 Å². The van der Waals surface area contributed by atoms with Gasteiger partial charge in [-0.1, -0.05) is 0 Å². The summed E-state index contributed by atoms with van der Waals surface area (Å²) >= 11 is 0.782. The largest absolute Gasteiger partial charge is 0.361 e. The number of halogens is 3. The van der Waals surface area contributed by atoms with E-state index >= 15 is 0 Å². The van der Waals surface area contributed by atoms with Crippen LogP contribution in [0, 0.1) is 5.82 Å². The normalized spacial score (nSPS) is 12.0. The first-order chi connectivity index (χ1) is 12.3. The molecule has 0 spiro atoms. The fourth-order valence-corrected chi connectivity index (χ4v) is 4.62. The molecular formula is C16H13F3N2O3S2. The average Bonchev–Trinajstić information content (AvgIpc) is 3.22. The highest BCUT2D eigenvalue weighted by Gasteiger charge is 2.32. The van der Waals surface area contributed by atoms with E-state index in [4.69, 9.17) is 0 Å². The van der Waals surface area contributed by atoms with Gasteiger partial charge in [-0.25, -0.2) is 12.8 Å². The number of fused-ring (bicyclic) bond motifs is 1. The molecule has 10 heteroatoms. The van der Waals surface area contributed by atoms with E-state index in [1.807, 2.05) is 0 Å². The van der Waals surface area contributed by atoms with Gasteiger partial charge in [0.1, 0.15) is 10.7 Å². The van der Waals surface area contributed by atoms with Crippen LogP contribution in [0.15, 0.2) is 40.7 Å². The number of amides is 1. The molecule has 3 rings (SSSR count). The van der Waals surface area contributed by atoms with Crippen molar-refractivity contribution in [3.8, 4) is 0 Å². The Kier molecular flexibility index (Phi) is 5.05.